The molecule has 1 aromatic heterocycles. The highest BCUT2D eigenvalue weighted by molar-refractivity contribution is 7.09. The number of nitrogens with zero attached hydrogens (tertiary/aromatic N) is 1. The van der Waals surface area contributed by atoms with E-state index in [1.54, 1.807) is 11.3 Å². The SMILES string of the molecule is CCCN(CC(=O)O)C(=O)CCCCCc1cccs1. The molecule has 0 radical (unpaired) electrons. The lowest BCUT2D eigenvalue weighted by Gasteiger charge is -2.19. The molecule has 0 saturated heterocycles. The lowest BCUT2D eigenvalue weighted by molar-refractivity contribution is -0.144. The van der Waals surface area contributed by atoms with Gasteiger partial charge in [0.1, 0.15) is 6.54 Å². The van der Waals surface area contributed by atoms with E-state index < -0.39 is 5.97 Å². The smallest absolute Gasteiger partial charge is 0.323 e. The van der Waals surface area contributed by atoms with E-state index in [-0.39, 0.29) is 12.5 Å². The number of hydrogen-bond donors (Lipinski definition) is 1. The van der Waals surface area contributed by atoms with Gasteiger partial charge in [0, 0.05) is 17.8 Å². The molecule has 5 heteroatoms. The summed E-state index contributed by atoms with van der Waals surface area (Å²) < 4.78 is 0. The fraction of sp³-hybridized carbons (Fsp3) is 0.600. The fourth-order valence-corrected chi connectivity index (χ4v) is 2.84. The summed E-state index contributed by atoms with van der Waals surface area (Å²) in [5, 5.41) is 10.9. The van der Waals surface area contributed by atoms with E-state index in [9.17, 15) is 9.59 Å². The van der Waals surface area contributed by atoms with Crippen molar-refractivity contribution in [1.82, 2.24) is 4.90 Å². The maximum absolute atomic E-state index is 11.9. The average Bonchev–Trinajstić information content (AvgIpc) is 2.90. The molecule has 1 N–H and O–H groups in total. The topological polar surface area (TPSA) is 57.6 Å². The molecule has 0 saturated carbocycles. The zero-order chi connectivity index (χ0) is 14.8. The zero-order valence-corrected chi connectivity index (χ0v) is 12.8. The van der Waals surface area contributed by atoms with Crippen molar-refractivity contribution in [3.8, 4) is 0 Å². The van der Waals surface area contributed by atoms with Crippen LogP contribution in [0.25, 0.3) is 0 Å². The molecular weight excluding hydrogens is 274 g/mol. The molecule has 1 rings (SSSR count). The van der Waals surface area contributed by atoms with Gasteiger partial charge in [0.05, 0.1) is 0 Å². The third kappa shape index (κ3) is 6.70. The fourth-order valence-electron chi connectivity index (χ4n) is 2.09. The summed E-state index contributed by atoms with van der Waals surface area (Å²) in [5.74, 6) is -0.977. The molecule has 1 heterocycles. The number of thiophene rings is 1. The van der Waals surface area contributed by atoms with Gasteiger partial charge in [0.15, 0.2) is 0 Å². The van der Waals surface area contributed by atoms with Crippen molar-refractivity contribution in [2.45, 2.75) is 45.4 Å². The second-order valence-corrected chi connectivity index (χ2v) is 5.88. The number of aryl methyl sites for hydroxylation is 1. The highest BCUT2D eigenvalue weighted by Crippen LogP contribution is 2.13. The Balaban J connectivity index is 2.18. The summed E-state index contributed by atoms with van der Waals surface area (Å²) in [6.45, 7) is 2.30. The molecular formula is C15H23NO3S. The van der Waals surface area contributed by atoms with Crippen molar-refractivity contribution in [1.29, 1.82) is 0 Å². The van der Waals surface area contributed by atoms with Crippen LogP contribution in [0.1, 0.15) is 43.9 Å². The predicted octanol–water partition coefficient (Wildman–Crippen LogP) is 3.17. The van der Waals surface area contributed by atoms with E-state index in [2.05, 4.69) is 17.5 Å². The number of hydrogen-bond acceptors (Lipinski definition) is 3. The molecule has 0 spiro atoms. The normalized spacial score (nSPS) is 10.4. The number of unbranched alkanes of at least 4 members (excludes halogenated alkanes) is 2. The van der Waals surface area contributed by atoms with Crippen LogP contribution in [0.5, 0.6) is 0 Å². The first-order valence-corrected chi connectivity index (χ1v) is 8.03. The molecule has 0 atom stereocenters. The molecule has 0 unspecified atom stereocenters. The van der Waals surface area contributed by atoms with Crippen molar-refractivity contribution in [3.63, 3.8) is 0 Å². The number of aliphatic carboxylic acids is 1. The Bertz CT molecular complexity index is 403. The van der Waals surface area contributed by atoms with Gasteiger partial charge in [0.2, 0.25) is 5.91 Å². The molecule has 0 aliphatic carbocycles. The van der Waals surface area contributed by atoms with Crippen LogP contribution in [0.4, 0.5) is 0 Å². The van der Waals surface area contributed by atoms with Gasteiger partial charge in [-0.25, -0.2) is 0 Å². The maximum Gasteiger partial charge on any atom is 0.323 e. The molecule has 4 nitrogen and oxygen atoms in total. The van der Waals surface area contributed by atoms with Gasteiger partial charge in [0.25, 0.3) is 0 Å². The Kier molecular flexibility index (Phi) is 7.95. The van der Waals surface area contributed by atoms with Crippen LogP contribution in [0.2, 0.25) is 0 Å². The maximum atomic E-state index is 11.9. The summed E-state index contributed by atoms with van der Waals surface area (Å²) in [6, 6.07) is 4.18. The lowest BCUT2D eigenvalue weighted by Crippen LogP contribution is -2.36. The Morgan fingerprint density at radius 1 is 1.30 bits per heavy atom. The van der Waals surface area contributed by atoms with Crippen molar-refractivity contribution in [3.05, 3.63) is 22.4 Å². The number of amides is 1. The monoisotopic (exact) mass is 297 g/mol. The Labute approximate surface area is 124 Å². The number of carboxylic acid groups (broad SMARTS) is 1. The highest BCUT2D eigenvalue weighted by atomic mass is 32.1. The zero-order valence-electron chi connectivity index (χ0n) is 12.0. The van der Waals surface area contributed by atoms with Gasteiger partial charge in [-0.1, -0.05) is 19.4 Å². The molecule has 20 heavy (non-hydrogen) atoms. The van der Waals surface area contributed by atoms with E-state index in [0.717, 1.165) is 32.1 Å². The molecule has 0 aliphatic rings. The summed E-state index contributed by atoms with van der Waals surface area (Å²) in [5.41, 5.74) is 0. The molecule has 0 aromatic carbocycles. The van der Waals surface area contributed by atoms with Crippen LogP contribution in [-0.2, 0) is 16.0 Å². The van der Waals surface area contributed by atoms with Gasteiger partial charge in [-0.05, 0) is 37.1 Å². The summed E-state index contributed by atoms with van der Waals surface area (Å²) in [6.07, 6.45) is 5.25. The quantitative estimate of drug-likeness (QED) is 0.675. The lowest BCUT2D eigenvalue weighted by atomic mass is 10.1. The van der Waals surface area contributed by atoms with Gasteiger partial charge in [-0.3, -0.25) is 9.59 Å². The van der Waals surface area contributed by atoms with Crippen molar-refractivity contribution in [2.75, 3.05) is 13.1 Å². The third-order valence-corrected chi connectivity index (χ3v) is 4.00. The summed E-state index contributed by atoms with van der Waals surface area (Å²) >= 11 is 1.77. The van der Waals surface area contributed by atoms with E-state index in [0.29, 0.717) is 13.0 Å². The van der Waals surface area contributed by atoms with Crippen LogP contribution >= 0.6 is 11.3 Å². The minimum Gasteiger partial charge on any atom is -0.480 e. The van der Waals surface area contributed by atoms with Gasteiger partial charge < -0.3 is 10.0 Å². The van der Waals surface area contributed by atoms with Crippen molar-refractivity contribution >= 4 is 23.2 Å². The molecule has 0 fully saturated rings. The average molecular weight is 297 g/mol. The highest BCUT2D eigenvalue weighted by Gasteiger charge is 2.15. The summed E-state index contributed by atoms with van der Waals surface area (Å²) in [7, 11) is 0. The second kappa shape index (κ2) is 9.53. The number of rotatable bonds is 10. The first-order chi connectivity index (χ1) is 9.63. The molecule has 0 bridgehead atoms. The standard InChI is InChI=1S/C15H23NO3S/c1-2-10-16(12-15(18)19)14(17)9-5-3-4-7-13-8-6-11-20-13/h6,8,11H,2-5,7,9-10,12H2,1H3,(H,18,19). The van der Waals surface area contributed by atoms with E-state index in [1.807, 2.05) is 6.92 Å². The van der Waals surface area contributed by atoms with Crippen LogP contribution in [0.3, 0.4) is 0 Å². The van der Waals surface area contributed by atoms with Crippen molar-refractivity contribution < 1.29 is 14.7 Å². The van der Waals surface area contributed by atoms with Gasteiger partial charge >= 0.3 is 5.97 Å². The second-order valence-electron chi connectivity index (χ2n) is 4.85. The largest absolute Gasteiger partial charge is 0.480 e. The van der Waals surface area contributed by atoms with E-state index in [1.165, 1.54) is 9.78 Å². The van der Waals surface area contributed by atoms with Gasteiger partial charge in [-0.2, -0.15) is 0 Å². The predicted molar refractivity (Wildman–Crippen MR) is 81.0 cm³/mol. The van der Waals surface area contributed by atoms with Crippen LogP contribution < -0.4 is 0 Å². The first kappa shape index (κ1) is 16.7. The van der Waals surface area contributed by atoms with Crippen molar-refractivity contribution in [2.24, 2.45) is 0 Å². The Morgan fingerprint density at radius 2 is 2.10 bits per heavy atom. The number of carboxylic acids is 1. The number of carbonyl (C=O) groups excluding carboxylic acids is 1. The minimum atomic E-state index is -0.940. The molecule has 112 valence electrons. The first-order valence-electron chi connectivity index (χ1n) is 7.15. The Morgan fingerprint density at radius 3 is 2.70 bits per heavy atom. The van der Waals surface area contributed by atoms with Gasteiger partial charge in [-0.15, -0.1) is 11.3 Å². The van der Waals surface area contributed by atoms with Crippen LogP contribution in [-0.4, -0.2) is 35.0 Å². The summed E-state index contributed by atoms with van der Waals surface area (Å²) in [4.78, 5) is 25.5. The number of carbonyl (C=O) groups is 2. The third-order valence-electron chi connectivity index (χ3n) is 3.07. The molecule has 1 amide bonds. The molecule has 0 aliphatic heterocycles. The van der Waals surface area contributed by atoms with Crippen LogP contribution in [0.15, 0.2) is 17.5 Å². The Hall–Kier alpha value is -1.36. The van der Waals surface area contributed by atoms with Crippen LogP contribution in [0, 0.1) is 0 Å². The minimum absolute atomic E-state index is 0.0367. The molecule has 1 aromatic rings. The van der Waals surface area contributed by atoms with E-state index in [4.69, 9.17) is 5.11 Å². The van der Waals surface area contributed by atoms with E-state index >= 15 is 0 Å².